The van der Waals surface area contributed by atoms with Gasteiger partial charge in [-0.25, -0.2) is 4.99 Å². The maximum Gasteiger partial charge on any atom is 0.411 e. The molecule has 0 radical (unpaired) electrons. The molecule has 1 rings (SSSR count). The molecule has 0 bridgehead atoms. The third kappa shape index (κ3) is 11.0. The molecule has 0 aliphatic rings. The van der Waals surface area contributed by atoms with Crippen LogP contribution in [0.25, 0.3) is 0 Å². The molecule has 10 heteroatoms. The number of aliphatic imine (C=N–C) groups is 1. The lowest BCUT2D eigenvalue weighted by Crippen LogP contribution is -2.43. The average molecular weight is 421 g/mol. The molecule has 0 fully saturated rings. The first kappa shape index (κ1) is 24.1. The Morgan fingerprint density at radius 3 is 2.61 bits per heavy atom. The van der Waals surface area contributed by atoms with E-state index in [2.05, 4.69) is 20.4 Å². The zero-order valence-electron chi connectivity index (χ0n) is 16.3. The zero-order valence-corrected chi connectivity index (χ0v) is 17.1. The summed E-state index contributed by atoms with van der Waals surface area (Å²) in [7, 11) is 3.35. The van der Waals surface area contributed by atoms with Crippen LogP contribution in [-0.4, -0.2) is 68.7 Å². The maximum atomic E-state index is 12.2. The Hall–Kier alpha value is -1.94. The van der Waals surface area contributed by atoms with Gasteiger partial charge >= 0.3 is 6.18 Å². The van der Waals surface area contributed by atoms with Gasteiger partial charge in [0.2, 0.25) is 5.91 Å². The number of carbonyl (C=O) groups is 1. The lowest BCUT2D eigenvalue weighted by Gasteiger charge is -2.15. The van der Waals surface area contributed by atoms with E-state index in [1.165, 1.54) is 4.90 Å². The second-order valence-electron chi connectivity index (χ2n) is 6.15. The number of halogens is 3. The van der Waals surface area contributed by atoms with E-state index in [9.17, 15) is 18.0 Å². The molecule has 0 saturated heterocycles. The number of carbonyl (C=O) groups excluding carboxylic acids is 1. The summed E-state index contributed by atoms with van der Waals surface area (Å²) < 4.78 is 41.2. The van der Waals surface area contributed by atoms with E-state index >= 15 is 0 Å². The van der Waals surface area contributed by atoms with Crippen LogP contribution in [0, 0.1) is 0 Å². The number of ether oxygens (including phenoxy) is 1. The van der Waals surface area contributed by atoms with E-state index in [4.69, 9.17) is 0 Å². The maximum absolute atomic E-state index is 12.2. The molecule has 0 saturated carbocycles. The van der Waals surface area contributed by atoms with Crippen molar-refractivity contribution in [1.29, 1.82) is 0 Å². The van der Waals surface area contributed by atoms with Crippen molar-refractivity contribution in [1.82, 2.24) is 15.5 Å². The molecule has 1 amide bonds. The number of hydrogen-bond acceptors (Lipinski definition) is 4. The number of nitrogens with one attached hydrogen (secondary N) is 2. The molecule has 0 atom stereocenters. The molecular weight excluding hydrogens is 393 g/mol. The van der Waals surface area contributed by atoms with Crippen LogP contribution in [0.3, 0.4) is 0 Å². The Morgan fingerprint density at radius 2 is 1.96 bits per heavy atom. The second-order valence-corrected chi connectivity index (χ2v) is 7.14. The van der Waals surface area contributed by atoms with Crippen molar-refractivity contribution >= 4 is 23.6 Å². The molecule has 0 aliphatic heterocycles. The first-order chi connectivity index (χ1) is 13.2. The smallest absolute Gasteiger partial charge is 0.367 e. The number of nitrogens with zero attached hydrogens (tertiary/aromatic N) is 2. The molecule has 158 valence electrons. The molecule has 1 aromatic rings. The van der Waals surface area contributed by atoms with Crippen molar-refractivity contribution in [3.8, 4) is 0 Å². The standard InChI is InChI=1S/C18H27F3N4O2S/c1-25(2)16(26)11-24-17(22-7-8-28-3)23-10-14-5-4-6-15(9-14)12-27-13-18(19,20)21/h4-6,9H,7-8,10-13H2,1-3H3,(H2,22,23,24). The van der Waals surface area contributed by atoms with Crippen molar-refractivity contribution in [3.05, 3.63) is 35.4 Å². The number of benzene rings is 1. The SMILES string of the molecule is CSCCNC(=NCc1cccc(COCC(F)(F)F)c1)NCC(=O)N(C)C. The molecule has 0 aromatic heterocycles. The number of likely N-dealkylation sites (N-methyl/N-ethyl adjacent to an activating group) is 1. The van der Waals surface area contributed by atoms with Crippen molar-refractivity contribution in [2.24, 2.45) is 4.99 Å². The fourth-order valence-corrected chi connectivity index (χ4v) is 2.34. The molecule has 0 spiro atoms. The monoisotopic (exact) mass is 420 g/mol. The van der Waals surface area contributed by atoms with Gasteiger partial charge in [0, 0.05) is 26.4 Å². The lowest BCUT2D eigenvalue weighted by atomic mass is 10.1. The summed E-state index contributed by atoms with van der Waals surface area (Å²) in [6.07, 6.45) is -2.34. The van der Waals surface area contributed by atoms with Crippen molar-refractivity contribution in [2.75, 3.05) is 45.8 Å². The van der Waals surface area contributed by atoms with E-state index < -0.39 is 12.8 Å². The van der Waals surface area contributed by atoms with Crippen LogP contribution in [0.4, 0.5) is 13.2 Å². The molecular formula is C18H27F3N4O2S. The van der Waals surface area contributed by atoms with Gasteiger partial charge in [0.1, 0.15) is 6.61 Å². The van der Waals surface area contributed by atoms with Gasteiger partial charge in [0.05, 0.1) is 19.7 Å². The third-order valence-corrected chi connectivity index (χ3v) is 4.06. The first-order valence-corrected chi connectivity index (χ1v) is 10.0. The summed E-state index contributed by atoms with van der Waals surface area (Å²) in [5.41, 5.74) is 1.47. The average Bonchev–Trinajstić information content (AvgIpc) is 2.62. The molecule has 2 N–H and O–H groups in total. The van der Waals surface area contributed by atoms with Crippen molar-refractivity contribution in [2.45, 2.75) is 19.3 Å². The van der Waals surface area contributed by atoms with Crippen LogP contribution in [0.1, 0.15) is 11.1 Å². The number of rotatable bonds is 10. The molecule has 6 nitrogen and oxygen atoms in total. The number of thioether (sulfide) groups is 1. The highest BCUT2D eigenvalue weighted by atomic mass is 32.2. The normalized spacial score (nSPS) is 12.0. The number of amides is 1. The minimum Gasteiger partial charge on any atom is -0.367 e. The number of guanidine groups is 1. The third-order valence-electron chi connectivity index (χ3n) is 3.45. The Kier molecular flexibility index (Phi) is 10.8. The fraction of sp³-hybridized carbons (Fsp3) is 0.556. The highest BCUT2D eigenvalue weighted by molar-refractivity contribution is 7.98. The van der Waals surface area contributed by atoms with E-state index in [0.717, 1.165) is 11.3 Å². The zero-order chi connectivity index (χ0) is 21.0. The predicted molar refractivity (Wildman–Crippen MR) is 106 cm³/mol. The molecule has 0 unspecified atom stereocenters. The lowest BCUT2D eigenvalue weighted by molar-refractivity contribution is -0.176. The predicted octanol–water partition coefficient (Wildman–Crippen LogP) is 2.25. The number of hydrogen-bond donors (Lipinski definition) is 2. The number of alkyl halides is 3. The summed E-state index contributed by atoms with van der Waals surface area (Å²) in [6, 6.07) is 7.04. The van der Waals surface area contributed by atoms with Crippen LogP contribution in [-0.2, 0) is 22.7 Å². The van der Waals surface area contributed by atoms with Crippen LogP contribution >= 0.6 is 11.8 Å². The first-order valence-electron chi connectivity index (χ1n) is 8.65. The summed E-state index contributed by atoms with van der Waals surface area (Å²) in [5, 5.41) is 6.13. The van der Waals surface area contributed by atoms with E-state index in [0.29, 0.717) is 24.6 Å². The fourth-order valence-electron chi connectivity index (χ4n) is 2.04. The van der Waals surface area contributed by atoms with Gasteiger partial charge in [-0.3, -0.25) is 4.79 Å². The minimum atomic E-state index is -4.34. The Balaban J connectivity index is 2.67. The molecule has 0 aliphatic carbocycles. The van der Waals surface area contributed by atoms with Crippen LogP contribution in [0.5, 0.6) is 0 Å². The summed E-state index contributed by atoms with van der Waals surface area (Å²) >= 11 is 1.68. The highest BCUT2D eigenvalue weighted by Crippen LogP contribution is 2.16. The van der Waals surface area contributed by atoms with Gasteiger partial charge in [0.15, 0.2) is 5.96 Å². The molecule has 28 heavy (non-hydrogen) atoms. The van der Waals surface area contributed by atoms with E-state index in [1.54, 1.807) is 44.1 Å². The van der Waals surface area contributed by atoms with Gasteiger partial charge in [-0.15, -0.1) is 0 Å². The largest absolute Gasteiger partial charge is 0.411 e. The van der Waals surface area contributed by atoms with Crippen molar-refractivity contribution < 1.29 is 22.7 Å². The van der Waals surface area contributed by atoms with E-state index in [-0.39, 0.29) is 19.1 Å². The Morgan fingerprint density at radius 1 is 1.25 bits per heavy atom. The minimum absolute atomic E-state index is 0.0804. The van der Waals surface area contributed by atoms with Gasteiger partial charge in [0.25, 0.3) is 0 Å². The molecule has 0 heterocycles. The van der Waals surface area contributed by atoms with Crippen LogP contribution in [0.2, 0.25) is 0 Å². The van der Waals surface area contributed by atoms with Crippen molar-refractivity contribution in [3.63, 3.8) is 0 Å². The van der Waals surface area contributed by atoms with Crippen LogP contribution in [0.15, 0.2) is 29.3 Å². The Labute approximate surface area is 167 Å². The summed E-state index contributed by atoms with van der Waals surface area (Å²) in [4.78, 5) is 17.7. The van der Waals surface area contributed by atoms with Gasteiger partial charge in [-0.1, -0.05) is 24.3 Å². The van der Waals surface area contributed by atoms with Gasteiger partial charge < -0.3 is 20.3 Å². The Bertz CT molecular complexity index is 640. The molecule has 1 aromatic carbocycles. The quantitative estimate of drug-likeness (QED) is 0.345. The summed E-state index contributed by atoms with van der Waals surface area (Å²) in [6.45, 7) is -0.274. The topological polar surface area (TPSA) is 66.0 Å². The second kappa shape index (κ2) is 12.5. The summed E-state index contributed by atoms with van der Waals surface area (Å²) in [5.74, 6) is 1.31. The van der Waals surface area contributed by atoms with Gasteiger partial charge in [-0.05, 0) is 17.4 Å². The van der Waals surface area contributed by atoms with Crippen LogP contribution < -0.4 is 10.6 Å². The highest BCUT2D eigenvalue weighted by Gasteiger charge is 2.27. The van der Waals surface area contributed by atoms with E-state index in [1.807, 2.05) is 12.3 Å². The van der Waals surface area contributed by atoms with Gasteiger partial charge in [-0.2, -0.15) is 24.9 Å².